The third-order valence-corrected chi connectivity index (χ3v) is 2.47. The fourth-order valence-electron chi connectivity index (χ4n) is 0.929. The highest BCUT2D eigenvalue weighted by Crippen LogP contribution is 1.98. The zero-order valence-corrected chi connectivity index (χ0v) is 10.3. The van der Waals surface area contributed by atoms with E-state index in [1.54, 1.807) is 12.1 Å². The first-order valence-electron chi connectivity index (χ1n) is 4.81. The Kier molecular flexibility index (Phi) is 3.75. The van der Waals surface area contributed by atoms with Crippen LogP contribution in [0.4, 0.5) is 0 Å². The number of furan rings is 1. The molecule has 0 atom stereocenters. The van der Waals surface area contributed by atoms with Crippen molar-refractivity contribution in [2.45, 2.75) is 19.6 Å². The molecule has 1 rings (SSSR count). The molecule has 1 aromatic rings. The minimum absolute atomic E-state index is 0.218. The van der Waals surface area contributed by atoms with E-state index in [2.05, 4.69) is 36.4 Å². The first-order valence-corrected chi connectivity index (χ1v) is 8.31. The standard InChI is InChI=1S/C11H15NO2Si/c1-15(2,3)9-5-7-12-11(13)10-6-4-8-14-10/h4,6,8H,7H2,1-3H3,(H,12,13). The van der Waals surface area contributed by atoms with E-state index in [4.69, 9.17) is 4.42 Å². The molecule has 0 fully saturated rings. The Labute approximate surface area is 90.9 Å². The molecule has 3 nitrogen and oxygen atoms in total. The summed E-state index contributed by atoms with van der Waals surface area (Å²) in [4.78, 5) is 11.4. The van der Waals surface area contributed by atoms with Crippen LogP contribution in [0.15, 0.2) is 22.8 Å². The van der Waals surface area contributed by atoms with Gasteiger partial charge >= 0.3 is 0 Å². The highest BCUT2D eigenvalue weighted by molar-refractivity contribution is 6.83. The summed E-state index contributed by atoms with van der Waals surface area (Å²) < 4.78 is 4.94. The van der Waals surface area contributed by atoms with Gasteiger partial charge < -0.3 is 9.73 Å². The molecule has 0 saturated heterocycles. The summed E-state index contributed by atoms with van der Waals surface area (Å²) in [6.07, 6.45) is 1.47. The van der Waals surface area contributed by atoms with Crippen molar-refractivity contribution in [3.05, 3.63) is 24.2 Å². The monoisotopic (exact) mass is 221 g/mol. The Bertz CT molecular complexity index is 379. The predicted molar refractivity (Wildman–Crippen MR) is 62.2 cm³/mol. The van der Waals surface area contributed by atoms with Crippen molar-refractivity contribution in [2.24, 2.45) is 0 Å². The number of rotatable bonds is 2. The average Bonchev–Trinajstić information content (AvgIpc) is 2.63. The second kappa shape index (κ2) is 4.85. The second-order valence-electron chi connectivity index (χ2n) is 4.21. The molecule has 0 aliphatic heterocycles. The Hall–Kier alpha value is -1.47. The SMILES string of the molecule is C[Si](C)(C)C#CCNC(=O)c1ccco1. The first kappa shape index (κ1) is 11.6. The third-order valence-electron chi connectivity index (χ3n) is 1.55. The van der Waals surface area contributed by atoms with Crippen LogP contribution in [0, 0.1) is 11.5 Å². The minimum Gasteiger partial charge on any atom is -0.459 e. The van der Waals surface area contributed by atoms with Gasteiger partial charge in [0.25, 0.3) is 5.91 Å². The van der Waals surface area contributed by atoms with Crippen LogP contribution in [0.5, 0.6) is 0 Å². The molecule has 1 N–H and O–H groups in total. The van der Waals surface area contributed by atoms with Crippen molar-refractivity contribution in [1.29, 1.82) is 0 Å². The van der Waals surface area contributed by atoms with E-state index in [-0.39, 0.29) is 5.91 Å². The van der Waals surface area contributed by atoms with Crippen molar-refractivity contribution in [2.75, 3.05) is 6.54 Å². The van der Waals surface area contributed by atoms with Gasteiger partial charge in [-0.3, -0.25) is 4.79 Å². The quantitative estimate of drug-likeness (QED) is 0.612. The molecule has 1 aromatic heterocycles. The van der Waals surface area contributed by atoms with Gasteiger partial charge in [-0.05, 0) is 12.1 Å². The fraction of sp³-hybridized carbons (Fsp3) is 0.364. The number of carbonyl (C=O) groups excluding carboxylic acids is 1. The molecule has 0 aromatic carbocycles. The predicted octanol–water partition coefficient (Wildman–Crippen LogP) is 1.89. The van der Waals surface area contributed by atoms with Gasteiger partial charge in [0.2, 0.25) is 0 Å². The minimum atomic E-state index is -1.33. The number of amides is 1. The molecule has 0 aliphatic carbocycles. The van der Waals surface area contributed by atoms with E-state index in [1.165, 1.54) is 6.26 Å². The zero-order valence-electron chi connectivity index (χ0n) is 9.26. The van der Waals surface area contributed by atoms with Crippen LogP contribution in [-0.4, -0.2) is 20.5 Å². The van der Waals surface area contributed by atoms with Gasteiger partial charge in [0, 0.05) is 0 Å². The van der Waals surface area contributed by atoms with Crippen molar-refractivity contribution >= 4 is 14.0 Å². The number of nitrogens with one attached hydrogen (secondary N) is 1. The van der Waals surface area contributed by atoms with Crippen LogP contribution >= 0.6 is 0 Å². The van der Waals surface area contributed by atoms with Crippen LogP contribution < -0.4 is 5.32 Å². The Morgan fingerprint density at radius 2 is 2.27 bits per heavy atom. The van der Waals surface area contributed by atoms with Gasteiger partial charge in [-0.2, -0.15) is 0 Å². The molecule has 1 amide bonds. The summed E-state index contributed by atoms with van der Waals surface area (Å²) in [6.45, 7) is 6.86. The Morgan fingerprint density at radius 1 is 1.53 bits per heavy atom. The molecule has 4 heteroatoms. The van der Waals surface area contributed by atoms with Crippen molar-refractivity contribution in [3.63, 3.8) is 0 Å². The molecule has 0 saturated carbocycles. The lowest BCUT2D eigenvalue weighted by atomic mass is 10.4. The normalized spacial score (nSPS) is 10.3. The summed E-state index contributed by atoms with van der Waals surface area (Å²) in [6, 6.07) is 3.31. The number of hydrogen-bond donors (Lipinski definition) is 1. The summed E-state index contributed by atoms with van der Waals surface area (Å²) in [5, 5.41) is 2.67. The summed E-state index contributed by atoms with van der Waals surface area (Å²) in [5.74, 6) is 3.06. The van der Waals surface area contributed by atoms with E-state index >= 15 is 0 Å². The van der Waals surface area contributed by atoms with Gasteiger partial charge in [0.1, 0.15) is 8.07 Å². The maximum absolute atomic E-state index is 11.4. The lowest BCUT2D eigenvalue weighted by Crippen LogP contribution is -2.24. The van der Waals surface area contributed by atoms with Crippen LogP contribution in [0.25, 0.3) is 0 Å². The van der Waals surface area contributed by atoms with Gasteiger partial charge in [-0.1, -0.05) is 25.6 Å². The molecule has 80 valence electrons. The Morgan fingerprint density at radius 3 is 2.80 bits per heavy atom. The van der Waals surface area contributed by atoms with Gasteiger partial charge in [-0.15, -0.1) is 5.54 Å². The molecule has 0 radical (unpaired) electrons. The largest absolute Gasteiger partial charge is 0.459 e. The third kappa shape index (κ3) is 4.52. The van der Waals surface area contributed by atoms with E-state index in [0.29, 0.717) is 12.3 Å². The van der Waals surface area contributed by atoms with Gasteiger partial charge in [0.05, 0.1) is 12.8 Å². The van der Waals surface area contributed by atoms with Crippen LogP contribution in [0.1, 0.15) is 10.6 Å². The zero-order chi connectivity index (χ0) is 11.3. The molecule has 0 spiro atoms. The summed E-state index contributed by atoms with van der Waals surface area (Å²) >= 11 is 0. The lowest BCUT2D eigenvalue weighted by Gasteiger charge is -2.03. The highest BCUT2D eigenvalue weighted by Gasteiger charge is 2.08. The molecule has 15 heavy (non-hydrogen) atoms. The van der Waals surface area contributed by atoms with Crippen LogP contribution in [-0.2, 0) is 0 Å². The second-order valence-corrected chi connectivity index (χ2v) is 8.96. The van der Waals surface area contributed by atoms with Crippen molar-refractivity contribution in [3.8, 4) is 11.5 Å². The summed E-state index contributed by atoms with van der Waals surface area (Å²) in [5.41, 5.74) is 3.17. The topological polar surface area (TPSA) is 42.2 Å². The molecule has 0 unspecified atom stereocenters. The molecule has 0 bridgehead atoms. The summed E-state index contributed by atoms with van der Waals surface area (Å²) in [7, 11) is -1.33. The van der Waals surface area contributed by atoms with E-state index in [1.807, 2.05) is 0 Å². The van der Waals surface area contributed by atoms with E-state index in [0.717, 1.165) is 0 Å². The Balaban J connectivity index is 2.38. The smallest absolute Gasteiger partial charge is 0.287 e. The van der Waals surface area contributed by atoms with E-state index < -0.39 is 8.07 Å². The molecule has 1 heterocycles. The average molecular weight is 221 g/mol. The fourth-order valence-corrected chi connectivity index (χ4v) is 1.55. The molecular weight excluding hydrogens is 206 g/mol. The lowest BCUT2D eigenvalue weighted by molar-refractivity contribution is 0.0931. The van der Waals surface area contributed by atoms with E-state index in [9.17, 15) is 4.79 Å². The number of hydrogen-bond acceptors (Lipinski definition) is 2. The highest BCUT2D eigenvalue weighted by atomic mass is 28.3. The molecular formula is C11H15NO2Si. The van der Waals surface area contributed by atoms with Gasteiger partial charge in [0.15, 0.2) is 5.76 Å². The van der Waals surface area contributed by atoms with Crippen LogP contribution in [0.3, 0.4) is 0 Å². The van der Waals surface area contributed by atoms with Gasteiger partial charge in [-0.25, -0.2) is 0 Å². The van der Waals surface area contributed by atoms with Crippen molar-refractivity contribution in [1.82, 2.24) is 5.32 Å². The maximum atomic E-state index is 11.4. The molecule has 0 aliphatic rings. The van der Waals surface area contributed by atoms with Crippen LogP contribution in [0.2, 0.25) is 19.6 Å². The maximum Gasteiger partial charge on any atom is 0.287 e. The van der Waals surface area contributed by atoms with Crippen molar-refractivity contribution < 1.29 is 9.21 Å². The number of carbonyl (C=O) groups is 1. The first-order chi connectivity index (χ1) is 6.99.